The molecule has 20 heavy (non-hydrogen) atoms. The second kappa shape index (κ2) is 4.57. The summed E-state index contributed by atoms with van der Waals surface area (Å²) in [5.41, 5.74) is 2.66. The molecule has 2 bridgehead atoms. The predicted molar refractivity (Wildman–Crippen MR) is 77.9 cm³/mol. The monoisotopic (exact) mass is 275 g/mol. The molecule has 0 saturated heterocycles. The van der Waals surface area contributed by atoms with E-state index in [4.69, 9.17) is 4.84 Å². The van der Waals surface area contributed by atoms with Gasteiger partial charge in [0.15, 0.2) is 0 Å². The van der Waals surface area contributed by atoms with Gasteiger partial charge in [-0.05, 0) is 48.3 Å². The molecule has 3 rings (SSSR count). The van der Waals surface area contributed by atoms with Gasteiger partial charge in [0.1, 0.15) is 12.4 Å². The van der Waals surface area contributed by atoms with Crippen molar-refractivity contribution >= 4 is 5.71 Å². The summed E-state index contributed by atoms with van der Waals surface area (Å²) in [5.74, 6) is 0.517. The summed E-state index contributed by atoms with van der Waals surface area (Å²) in [6.45, 7) is 7.44. The standard InChI is InChI=1S/C17H22FNO/c1-16(2)13-8-9-17(16,3)15(10-13)19-20-11-12-4-6-14(18)7-5-12/h4-7,13H,8-11H2,1-3H3/b19-15+/t13-,17-/m0/s1. The molecular formula is C17H22FNO. The van der Waals surface area contributed by atoms with E-state index in [1.807, 2.05) is 0 Å². The SMILES string of the molecule is CC1(C)[C@H]2CC[C@@]1(C)/C(=N/OCc1ccc(F)cc1)C2. The maximum absolute atomic E-state index is 12.8. The molecule has 0 amide bonds. The highest BCUT2D eigenvalue weighted by atomic mass is 19.1. The summed E-state index contributed by atoms with van der Waals surface area (Å²) < 4.78 is 12.8. The van der Waals surface area contributed by atoms with Gasteiger partial charge in [-0.3, -0.25) is 0 Å². The average molecular weight is 275 g/mol. The zero-order valence-corrected chi connectivity index (χ0v) is 12.4. The van der Waals surface area contributed by atoms with Crippen LogP contribution in [-0.4, -0.2) is 5.71 Å². The van der Waals surface area contributed by atoms with Crippen LogP contribution >= 0.6 is 0 Å². The normalized spacial score (nSPS) is 32.8. The zero-order valence-electron chi connectivity index (χ0n) is 12.4. The number of hydrogen-bond acceptors (Lipinski definition) is 2. The quantitative estimate of drug-likeness (QED) is 0.742. The highest BCUT2D eigenvalue weighted by Crippen LogP contribution is 2.63. The number of rotatable bonds is 3. The van der Waals surface area contributed by atoms with Crippen LogP contribution in [0.1, 0.15) is 45.6 Å². The minimum Gasteiger partial charge on any atom is -0.391 e. The Morgan fingerprint density at radius 3 is 2.50 bits per heavy atom. The van der Waals surface area contributed by atoms with Gasteiger partial charge in [-0.2, -0.15) is 0 Å². The minimum atomic E-state index is -0.220. The van der Waals surface area contributed by atoms with Crippen molar-refractivity contribution in [2.45, 2.75) is 46.6 Å². The van der Waals surface area contributed by atoms with E-state index in [1.165, 1.54) is 30.7 Å². The van der Waals surface area contributed by atoms with Crippen molar-refractivity contribution in [1.29, 1.82) is 0 Å². The number of fused-ring (bicyclic) bond motifs is 2. The molecule has 2 aliphatic carbocycles. The van der Waals surface area contributed by atoms with E-state index in [1.54, 1.807) is 12.1 Å². The summed E-state index contributed by atoms with van der Waals surface area (Å²) in [6, 6.07) is 6.38. The van der Waals surface area contributed by atoms with Crippen LogP contribution < -0.4 is 0 Å². The van der Waals surface area contributed by atoms with Crippen molar-refractivity contribution in [3.8, 4) is 0 Å². The fourth-order valence-corrected chi connectivity index (χ4v) is 3.83. The van der Waals surface area contributed by atoms with Crippen molar-refractivity contribution < 1.29 is 9.23 Å². The van der Waals surface area contributed by atoms with E-state index in [9.17, 15) is 4.39 Å². The number of benzene rings is 1. The van der Waals surface area contributed by atoms with E-state index in [2.05, 4.69) is 25.9 Å². The van der Waals surface area contributed by atoms with Gasteiger partial charge in [0.05, 0.1) is 5.71 Å². The maximum Gasteiger partial charge on any atom is 0.142 e. The molecule has 0 spiro atoms. The van der Waals surface area contributed by atoms with Crippen LogP contribution in [-0.2, 0) is 11.4 Å². The van der Waals surface area contributed by atoms with Crippen LogP contribution in [0, 0.1) is 22.6 Å². The summed E-state index contributed by atoms with van der Waals surface area (Å²) in [4.78, 5) is 5.52. The third-order valence-electron chi connectivity index (χ3n) is 5.83. The molecule has 2 saturated carbocycles. The molecule has 0 radical (unpaired) electrons. The Hall–Kier alpha value is -1.38. The summed E-state index contributed by atoms with van der Waals surface area (Å²) in [7, 11) is 0. The van der Waals surface area contributed by atoms with Gasteiger partial charge >= 0.3 is 0 Å². The second-order valence-corrected chi connectivity index (χ2v) is 6.93. The second-order valence-electron chi connectivity index (χ2n) is 6.93. The lowest BCUT2D eigenvalue weighted by Crippen LogP contribution is -2.32. The summed E-state index contributed by atoms with van der Waals surface area (Å²) in [6.07, 6.45) is 3.58. The fraction of sp³-hybridized carbons (Fsp3) is 0.588. The molecule has 108 valence electrons. The molecule has 3 heteroatoms. The van der Waals surface area contributed by atoms with Gasteiger partial charge in [0, 0.05) is 5.41 Å². The Bertz CT molecular complexity index is 534. The first-order chi connectivity index (χ1) is 9.43. The molecule has 1 aromatic rings. The first-order valence-electron chi connectivity index (χ1n) is 7.37. The van der Waals surface area contributed by atoms with Gasteiger partial charge in [-0.15, -0.1) is 0 Å². The van der Waals surface area contributed by atoms with E-state index >= 15 is 0 Å². The van der Waals surface area contributed by atoms with Crippen molar-refractivity contribution in [2.24, 2.45) is 21.9 Å². The van der Waals surface area contributed by atoms with Crippen molar-refractivity contribution in [3.05, 3.63) is 35.6 Å². The average Bonchev–Trinajstić information content (AvgIpc) is 2.74. The topological polar surface area (TPSA) is 21.6 Å². The Labute approximate surface area is 120 Å². The van der Waals surface area contributed by atoms with Crippen LogP contribution in [0.25, 0.3) is 0 Å². The van der Waals surface area contributed by atoms with Crippen LogP contribution in [0.3, 0.4) is 0 Å². The molecule has 2 fully saturated rings. The number of oxime groups is 1. The number of nitrogens with zero attached hydrogens (tertiary/aromatic N) is 1. The first kappa shape index (κ1) is 13.6. The maximum atomic E-state index is 12.8. The molecule has 1 aromatic carbocycles. The van der Waals surface area contributed by atoms with Crippen molar-refractivity contribution in [3.63, 3.8) is 0 Å². The lowest BCUT2D eigenvalue weighted by Gasteiger charge is -2.34. The smallest absolute Gasteiger partial charge is 0.142 e. The molecule has 2 atom stereocenters. The van der Waals surface area contributed by atoms with Gasteiger partial charge < -0.3 is 4.84 Å². The van der Waals surface area contributed by atoms with Gasteiger partial charge in [0.2, 0.25) is 0 Å². The lowest BCUT2D eigenvalue weighted by atomic mass is 9.70. The van der Waals surface area contributed by atoms with Crippen LogP contribution in [0.15, 0.2) is 29.4 Å². The highest BCUT2D eigenvalue weighted by Gasteiger charge is 2.60. The van der Waals surface area contributed by atoms with Gasteiger partial charge in [-0.25, -0.2) is 4.39 Å². The van der Waals surface area contributed by atoms with Gasteiger partial charge in [0.25, 0.3) is 0 Å². The fourth-order valence-electron chi connectivity index (χ4n) is 3.83. The summed E-state index contributed by atoms with van der Waals surface area (Å²) in [5, 5.41) is 4.41. The van der Waals surface area contributed by atoms with Crippen molar-refractivity contribution in [2.75, 3.05) is 0 Å². The number of halogens is 1. The molecule has 0 N–H and O–H groups in total. The highest BCUT2D eigenvalue weighted by molar-refractivity contribution is 5.93. The predicted octanol–water partition coefficient (Wildman–Crippen LogP) is 4.54. The minimum absolute atomic E-state index is 0.181. The Balaban J connectivity index is 1.68. The van der Waals surface area contributed by atoms with E-state index < -0.39 is 0 Å². The van der Waals surface area contributed by atoms with Crippen LogP contribution in [0.2, 0.25) is 0 Å². The van der Waals surface area contributed by atoms with E-state index in [0.717, 1.165) is 17.9 Å². The van der Waals surface area contributed by atoms with Crippen LogP contribution in [0.5, 0.6) is 0 Å². The van der Waals surface area contributed by atoms with E-state index in [0.29, 0.717) is 12.0 Å². The molecular weight excluding hydrogens is 253 g/mol. The third-order valence-corrected chi connectivity index (χ3v) is 5.83. The van der Waals surface area contributed by atoms with Crippen LogP contribution in [0.4, 0.5) is 4.39 Å². The van der Waals surface area contributed by atoms with Gasteiger partial charge in [-0.1, -0.05) is 38.1 Å². The Morgan fingerprint density at radius 2 is 1.95 bits per heavy atom. The molecule has 0 aromatic heterocycles. The van der Waals surface area contributed by atoms with Crippen molar-refractivity contribution in [1.82, 2.24) is 0 Å². The molecule has 2 aliphatic rings. The molecule has 0 heterocycles. The lowest BCUT2D eigenvalue weighted by molar-refractivity contribution is 0.123. The van der Waals surface area contributed by atoms with E-state index in [-0.39, 0.29) is 11.2 Å². The Kier molecular flexibility index (Phi) is 3.11. The zero-order chi connectivity index (χ0) is 14.4. The number of hydrogen-bond donors (Lipinski definition) is 0. The molecule has 0 aliphatic heterocycles. The largest absolute Gasteiger partial charge is 0.391 e. The molecule has 0 unspecified atom stereocenters. The molecule has 2 nitrogen and oxygen atoms in total. The first-order valence-corrected chi connectivity index (χ1v) is 7.37. The Morgan fingerprint density at radius 1 is 1.25 bits per heavy atom. The summed E-state index contributed by atoms with van der Waals surface area (Å²) >= 11 is 0. The third kappa shape index (κ3) is 1.95.